The molecule has 0 radical (unpaired) electrons. The van der Waals surface area contributed by atoms with Crippen molar-refractivity contribution in [3.05, 3.63) is 81.3 Å². The van der Waals surface area contributed by atoms with Crippen molar-refractivity contribution in [2.24, 2.45) is 5.16 Å². The summed E-state index contributed by atoms with van der Waals surface area (Å²) in [6.45, 7) is 0. The fraction of sp³-hybridized carbons (Fsp3) is 0.250. The Kier molecular flexibility index (Phi) is 7.31. The van der Waals surface area contributed by atoms with E-state index in [1.807, 2.05) is 5.32 Å². The van der Waals surface area contributed by atoms with Crippen LogP contribution in [-0.4, -0.2) is 35.9 Å². The number of oxime groups is 1. The lowest BCUT2D eigenvalue weighted by molar-refractivity contribution is -0.275. The first-order valence-corrected chi connectivity index (χ1v) is 11.8. The molecule has 0 fully saturated rings. The zero-order valence-corrected chi connectivity index (χ0v) is 20.6. The molecule has 1 N–H and O–H groups in total. The third-order valence-electron chi connectivity index (χ3n) is 5.85. The average Bonchev–Trinajstić information content (AvgIpc) is 3.27. The maximum Gasteiger partial charge on any atom is 0.435 e. The van der Waals surface area contributed by atoms with E-state index in [9.17, 15) is 31.1 Å². The Morgan fingerprint density at radius 3 is 2.19 bits per heavy atom. The van der Waals surface area contributed by atoms with Gasteiger partial charge in [0.15, 0.2) is 0 Å². The molecule has 3 aromatic carbocycles. The molecular weight excluding hydrogens is 569 g/mol. The number of amides is 1. The number of rotatable bonds is 5. The van der Waals surface area contributed by atoms with Crippen LogP contribution in [0.15, 0.2) is 59.8 Å². The largest absolute Gasteiger partial charge is 0.435 e. The molecule has 0 aromatic heterocycles. The average molecular weight is 584 g/mol. The molecular formula is C24H15Cl3F6N2O2. The van der Waals surface area contributed by atoms with Crippen molar-refractivity contribution in [2.75, 3.05) is 5.88 Å². The van der Waals surface area contributed by atoms with Gasteiger partial charge in [0, 0.05) is 33.2 Å². The molecule has 1 aliphatic heterocycles. The van der Waals surface area contributed by atoms with E-state index in [4.69, 9.17) is 39.6 Å². The Morgan fingerprint density at radius 2 is 1.62 bits per heavy atom. The number of nitrogens with one attached hydrogen (secondary N) is 1. The van der Waals surface area contributed by atoms with Crippen molar-refractivity contribution < 1.29 is 36.0 Å². The zero-order valence-electron chi connectivity index (χ0n) is 18.4. The third kappa shape index (κ3) is 5.19. The van der Waals surface area contributed by atoms with Crippen LogP contribution < -0.4 is 5.32 Å². The van der Waals surface area contributed by atoms with Gasteiger partial charge in [-0.3, -0.25) is 4.79 Å². The van der Waals surface area contributed by atoms with Crippen molar-refractivity contribution in [3.63, 3.8) is 0 Å². The molecule has 0 spiro atoms. The van der Waals surface area contributed by atoms with Gasteiger partial charge in [0.1, 0.15) is 6.04 Å². The standard InChI is InChI=1S/C24H15Cl3F6N2O2/c25-11-20(23(28,29)30)34-21(36)18-6-5-17(15-3-1-2-4-16(15)18)19-10-22(37-35-19,24(31,32)33)12-7-13(26)9-14(27)8-12/h1-9,20H,10-11H2,(H,34,36). The van der Waals surface area contributed by atoms with Crippen molar-refractivity contribution >= 4 is 57.2 Å². The summed E-state index contributed by atoms with van der Waals surface area (Å²) in [6, 6.07) is 9.74. The molecule has 3 aromatic rings. The summed E-state index contributed by atoms with van der Waals surface area (Å²) < 4.78 is 82.3. The summed E-state index contributed by atoms with van der Waals surface area (Å²) in [5.74, 6) is -1.94. The number of hydrogen-bond acceptors (Lipinski definition) is 3. The van der Waals surface area contributed by atoms with Gasteiger partial charge in [-0.15, -0.1) is 11.6 Å². The normalized spacial score (nSPS) is 18.9. The van der Waals surface area contributed by atoms with Gasteiger partial charge in [-0.2, -0.15) is 26.3 Å². The van der Waals surface area contributed by atoms with Crippen molar-refractivity contribution in [2.45, 2.75) is 30.4 Å². The number of nitrogens with zero attached hydrogens (tertiary/aromatic N) is 1. The molecule has 2 atom stereocenters. The summed E-state index contributed by atoms with van der Waals surface area (Å²) in [7, 11) is 0. The van der Waals surface area contributed by atoms with Gasteiger partial charge >= 0.3 is 12.4 Å². The number of halogens is 9. The Balaban J connectivity index is 1.75. The smallest absolute Gasteiger partial charge is 0.374 e. The molecule has 1 amide bonds. The Morgan fingerprint density at radius 1 is 1.00 bits per heavy atom. The van der Waals surface area contributed by atoms with Gasteiger partial charge in [-0.1, -0.05) is 58.7 Å². The Bertz CT molecular complexity index is 1370. The fourth-order valence-electron chi connectivity index (χ4n) is 4.03. The first-order chi connectivity index (χ1) is 17.3. The number of alkyl halides is 7. The van der Waals surface area contributed by atoms with Crippen LogP contribution in [0.2, 0.25) is 10.0 Å². The molecule has 0 saturated carbocycles. The minimum absolute atomic E-state index is 0.0295. The fourth-order valence-corrected chi connectivity index (χ4v) is 4.81. The van der Waals surface area contributed by atoms with Crippen LogP contribution in [0.1, 0.15) is 27.9 Å². The minimum Gasteiger partial charge on any atom is -0.374 e. The van der Waals surface area contributed by atoms with E-state index in [2.05, 4.69) is 5.16 Å². The highest BCUT2D eigenvalue weighted by Gasteiger charge is 2.62. The van der Waals surface area contributed by atoms with Crippen LogP contribution in [0.4, 0.5) is 26.3 Å². The molecule has 1 aliphatic rings. The second kappa shape index (κ2) is 9.89. The highest BCUT2D eigenvalue weighted by atomic mass is 35.5. The lowest BCUT2D eigenvalue weighted by Gasteiger charge is -2.29. The molecule has 4 rings (SSSR count). The lowest BCUT2D eigenvalue weighted by atomic mass is 9.85. The van der Waals surface area contributed by atoms with Gasteiger partial charge in [0.2, 0.25) is 0 Å². The van der Waals surface area contributed by atoms with Crippen LogP contribution in [0.3, 0.4) is 0 Å². The number of hydrogen-bond donors (Lipinski definition) is 1. The SMILES string of the molecule is O=C(NC(CCl)C(F)(F)F)c1ccc(C2=NOC(c3cc(Cl)cc(Cl)c3)(C(F)(F)F)C2)c2ccccc12. The first kappa shape index (κ1) is 27.3. The molecule has 0 aliphatic carbocycles. The van der Waals surface area contributed by atoms with Crippen LogP contribution in [0.5, 0.6) is 0 Å². The van der Waals surface area contributed by atoms with Crippen molar-refractivity contribution in [3.8, 4) is 0 Å². The summed E-state index contributed by atoms with van der Waals surface area (Å²) in [5.41, 5.74) is -3.24. The molecule has 196 valence electrons. The maximum atomic E-state index is 14.3. The highest BCUT2D eigenvalue weighted by molar-refractivity contribution is 6.34. The van der Waals surface area contributed by atoms with Crippen molar-refractivity contribution in [1.29, 1.82) is 0 Å². The van der Waals surface area contributed by atoms with E-state index < -0.39 is 42.2 Å². The number of carbonyl (C=O) groups excluding carboxylic acids is 1. The second-order valence-electron chi connectivity index (χ2n) is 8.22. The van der Waals surface area contributed by atoms with Crippen LogP contribution in [0.25, 0.3) is 10.8 Å². The molecule has 4 nitrogen and oxygen atoms in total. The Labute approximate surface area is 221 Å². The second-order valence-corrected chi connectivity index (χ2v) is 9.40. The Hall–Kier alpha value is -2.69. The molecule has 13 heteroatoms. The summed E-state index contributed by atoms with van der Waals surface area (Å²) >= 11 is 17.2. The van der Waals surface area contributed by atoms with Gasteiger partial charge in [0.05, 0.1) is 11.6 Å². The topological polar surface area (TPSA) is 50.7 Å². The summed E-state index contributed by atoms with van der Waals surface area (Å²) in [5, 5.41) is 6.00. The third-order valence-corrected chi connectivity index (χ3v) is 6.59. The van der Waals surface area contributed by atoms with Gasteiger partial charge < -0.3 is 10.2 Å². The molecule has 0 bridgehead atoms. The number of fused-ring (bicyclic) bond motifs is 1. The summed E-state index contributed by atoms with van der Waals surface area (Å²) in [6.07, 6.45) is -10.4. The van der Waals surface area contributed by atoms with E-state index in [1.165, 1.54) is 36.4 Å². The molecule has 2 unspecified atom stereocenters. The monoisotopic (exact) mass is 582 g/mol. The predicted octanol–water partition coefficient (Wildman–Crippen LogP) is 7.63. The van der Waals surface area contributed by atoms with Gasteiger partial charge in [0.25, 0.3) is 11.5 Å². The van der Waals surface area contributed by atoms with E-state index in [-0.39, 0.29) is 43.2 Å². The van der Waals surface area contributed by atoms with Crippen LogP contribution in [-0.2, 0) is 10.4 Å². The van der Waals surface area contributed by atoms with Crippen molar-refractivity contribution in [1.82, 2.24) is 5.32 Å². The molecule has 37 heavy (non-hydrogen) atoms. The zero-order chi connectivity index (χ0) is 27.2. The van der Waals surface area contributed by atoms with Gasteiger partial charge in [-0.05, 0) is 35.0 Å². The maximum absolute atomic E-state index is 14.3. The highest BCUT2D eigenvalue weighted by Crippen LogP contribution is 2.50. The van der Waals surface area contributed by atoms with Gasteiger partial charge in [-0.25, -0.2) is 0 Å². The van der Waals surface area contributed by atoms with Crippen LogP contribution >= 0.6 is 34.8 Å². The number of benzene rings is 3. The quantitative estimate of drug-likeness (QED) is 0.248. The van der Waals surface area contributed by atoms with E-state index >= 15 is 0 Å². The van der Waals surface area contributed by atoms with E-state index in [0.29, 0.717) is 0 Å². The predicted molar refractivity (Wildman–Crippen MR) is 128 cm³/mol. The lowest BCUT2D eigenvalue weighted by Crippen LogP contribution is -2.46. The minimum atomic E-state index is -4.92. The van der Waals surface area contributed by atoms with E-state index in [1.54, 1.807) is 6.07 Å². The van der Waals surface area contributed by atoms with E-state index in [0.717, 1.165) is 12.1 Å². The first-order valence-electron chi connectivity index (χ1n) is 10.5. The summed E-state index contributed by atoms with van der Waals surface area (Å²) in [4.78, 5) is 17.7. The number of carbonyl (C=O) groups is 1. The molecule has 1 heterocycles. The molecule has 0 saturated heterocycles. The van der Waals surface area contributed by atoms with Crippen LogP contribution in [0, 0.1) is 0 Å².